The van der Waals surface area contributed by atoms with Gasteiger partial charge >= 0.3 is 10.1 Å². The number of carbonyl (C=O) groups excluding carboxylic acids is 1. The average Bonchev–Trinajstić information content (AvgIpc) is 2.84. The standard InChI is InChI=1S/C27H19BrN2O4S/c1-18-6-11-25(12-7-18)35(32,33)34-26-13-9-23(28)15-21(26)14-22(17-29)27(31)30-24-10-8-19-4-2-3-5-20(19)16-24/h2-16H,1H3,(H,30,31)/b22-14+. The van der Waals surface area contributed by atoms with Crippen LogP contribution in [0.25, 0.3) is 16.8 Å². The molecule has 0 aliphatic heterocycles. The van der Waals surface area contributed by atoms with Gasteiger partial charge in [0, 0.05) is 15.7 Å². The Morgan fingerprint density at radius 1 is 0.971 bits per heavy atom. The Balaban J connectivity index is 1.63. The molecule has 0 atom stereocenters. The Morgan fingerprint density at radius 3 is 2.40 bits per heavy atom. The first-order valence-electron chi connectivity index (χ1n) is 10.5. The van der Waals surface area contributed by atoms with Gasteiger partial charge in [0.2, 0.25) is 0 Å². The molecule has 4 aromatic rings. The molecule has 0 radical (unpaired) electrons. The highest BCUT2D eigenvalue weighted by Crippen LogP contribution is 2.29. The Bertz CT molecular complexity index is 1600. The van der Waals surface area contributed by atoms with E-state index in [1.807, 2.05) is 49.4 Å². The summed E-state index contributed by atoms with van der Waals surface area (Å²) in [6.45, 7) is 1.85. The maximum atomic E-state index is 12.8. The largest absolute Gasteiger partial charge is 0.378 e. The maximum Gasteiger partial charge on any atom is 0.339 e. The lowest BCUT2D eigenvalue weighted by Crippen LogP contribution is -2.14. The van der Waals surface area contributed by atoms with Crippen molar-refractivity contribution in [2.75, 3.05) is 5.32 Å². The van der Waals surface area contributed by atoms with Crippen LogP contribution in [0.15, 0.2) is 99.9 Å². The number of halogens is 1. The molecule has 0 spiro atoms. The van der Waals surface area contributed by atoms with E-state index in [1.54, 1.807) is 30.3 Å². The predicted molar refractivity (Wildman–Crippen MR) is 139 cm³/mol. The van der Waals surface area contributed by atoms with E-state index in [4.69, 9.17) is 4.18 Å². The SMILES string of the molecule is Cc1ccc(S(=O)(=O)Oc2ccc(Br)cc2/C=C(\C#N)C(=O)Nc2ccc3ccccc3c2)cc1. The van der Waals surface area contributed by atoms with Gasteiger partial charge < -0.3 is 9.50 Å². The topological polar surface area (TPSA) is 96.3 Å². The Morgan fingerprint density at radius 2 is 1.69 bits per heavy atom. The minimum Gasteiger partial charge on any atom is -0.378 e. The molecule has 4 aromatic carbocycles. The van der Waals surface area contributed by atoms with Crippen molar-refractivity contribution < 1.29 is 17.4 Å². The minimum atomic E-state index is -4.13. The molecule has 0 aromatic heterocycles. The number of amides is 1. The lowest BCUT2D eigenvalue weighted by molar-refractivity contribution is -0.112. The summed E-state index contributed by atoms with van der Waals surface area (Å²) >= 11 is 3.34. The molecule has 0 unspecified atom stereocenters. The zero-order chi connectivity index (χ0) is 25.0. The summed E-state index contributed by atoms with van der Waals surface area (Å²) in [4.78, 5) is 12.8. The lowest BCUT2D eigenvalue weighted by atomic mass is 10.1. The lowest BCUT2D eigenvalue weighted by Gasteiger charge is -2.11. The van der Waals surface area contributed by atoms with E-state index in [0.717, 1.165) is 16.3 Å². The second-order valence-electron chi connectivity index (χ2n) is 7.72. The van der Waals surface area contributed by atoms with Crippen LogP contribution in [-0.4, -0.2) is 14.3 Å². The first kappa shape index (κ1) is 24.2. The van der Waals surface area contributed by atoms with Gasteiger partial charge in [-0.05, 0) is 66.2 Å². The summed E-state index contributed by atoms with van der Waals surface area (Å²) < 4.78 is 31.6. The highest BCUT2D eigenvalue weighted by Gasteiger charge is 2.19. The number of nitrogens with one attached hydrogen (secondary N) is 1. The fourth-order valence-corrected chi connectivity index (χ4v) is 4.68. The number of aryl methyl sites for hydroxylation is 1. The van der Waals surface area contributed by atoms with Gasteiger partial charge in [0.15, 0.2) is 0 Å². The predicted octanol–water partition coefficient (Wildman–Crippen LogP) is 6.22. The fourth-order valence-electron chi connectivity index (χ4n) is 3.35. The number of rotatable bonds is 6. The molecule has 1 amide bonds. The van der Waals surface area contributed by atoms with Crippen LogP contribution in [-0.2, 0) is 14.9 Å². The van der Waals surface area contributed by atoms with Crippen molar-refractivity contribution in [1.82, 2.24) is 0 Å². The Labute approximate surface area is 211 Å². The van der Waals surface area contributed by atoms with E-state index in [9.17, 15) is 18.5 Å². The normalized spacial score (nSPS) is 11.6. The number of fused-ring (bicyclic) bond motifs is 1. The number of carbonyl (C=O) groups is 1. The third-order valence-corrected chi connectivity index (χ3v) is 6.89. The average molecular weight is 547 g/mol. The fraction of sp³-hybridized carbons (Fsp3) is 0.0370. The molecule has 0 bridgehead atoms. The molecule has 0 aliphatic rings. The van der Waals surface area contributed by atoms with Gasteiger partial charge in [0.05, 0.1) is 0 Å². The zero-order valence-electron chi connectivity index (χ0n) is 18.5. The van der Waals surface area contributed by atoms with E-state index < -0.39 is 16.0 Å². The monoisotopic (exact) mass is 546 g/mol. The van der Waals surface area contributed by atoms with Gasteiger partial charge in [-0.2, -0.15) is 13.7 Å². The van der Waals surface area contributed by atoms with Crippen LogP contribution in [0.4, 0.5) is 5.69 Å². The molecule has 0 fully saturated rings. The molecule has 6 nitrogen and oxygen atoms in total. The zero-order valence-corrected chi connectivity index (χ0v) is 20.9. The van der Waals surface area contributed by atoms with Crippen LogP contribution in [0.1, 0.15) is 11.1 Å². The van der Waals surface area contributed by atoms with E-state index in [0.29, 0.717) is 10.2 Å². The van der Waals surface area contributed by atoms with Crippen molar-refractivity contribution in [3.8, 4) is 11.8 Å². The van der Waals surface area contributed by atoms with Gasteiger partial charge in [-0.25, -0.2) is 0 Å². The van der Waals surface area contributed by atoms with Crippen molar-refractivity contribution in [3.63, 3.8) is 0 Å². The number of benzene rings is 4. The molecule has 35 heavy (non-hydrogen) atoms. The second kappa shape index (κ2) is 10.1. The van der Waals surface area contributed by atoms with Crippen LogP contribution in [0.2, 0.25) is 0 Å². The van der Waals surface area contributed by atoms with Gasteiger partial charge in [-0.15, -0.1) is 0 Å². The highest BCUT2D eigenvalue weighted by atomic mass is 79.9. The number of nitrogens with zero attached hydrogens (tertiary/aromatic N) is 1. The molecule has 0 saturated heterocycles. The summed E-state index contributed by atoms with van der Waals surface area (Å²) in [5.74, 6) is -0.643. The number of anilines is 1. The number of hydrogen-bond donors (Lipinski definition) is 1. The molecule has 1 N–H and O–H groups in total. The van der Waals surface area contributed by atoms with E-state index in [-0.39, 0.29) is 21.8 Å². The summed E-state index contributed by atoms with van der Waals surface area (Å²) in [6.07, 6.45) is 1.29. The third-order valence-electron chi connectivity index (χ3n) is 5.15. The van der Waals surface area contributed by atoms with Crippen LogP contribution in [0.3, 0.4) is 0 Å². The van der Waals surface area contributed by atoms with Crippen LogP contribution in [0, 0.1) is 18.3 Å². The van der Waals surface area contributed by atoms with Crippen molar-refractivity contribution in [3.05, 3.63) is 106 Å². The first-order valence-corrected chi connectivity index (χ1v) is 12.7. The van der Waals surface area contributed by atoms with E-state index in [2.05, 4.69) is 21.2 Å². The van der Waals surface area contributed by atoms with E-state index >= 15 is 0 Å². The first-order chi connectivity index (χ1) is 16.7. The van der Waals surface area contributed by atoms with Crippen LogP contribution >= 0.6 is 15.9 Å². The third kappa shape index (κ3) is 5.77. The summed E-state index contributed by atoms with van der Waals surface area (Å²) in [5, 5.41) is 14.3. The highest BCUT2D eigenvalue weighted by molar-refractivity contribution is 9.10. The Kier molecular flexibility index (Phi) is 7.01. The smallest absolute Gasteiger partial charge is 0.339 e. The second-order valence-corrected chi connectivity index (χ2v) is 10.2. The number of nitriles is 1. The van der Waals surface area contributed by atoms with Crippen molar-refractivity contribution >= 4 is 54.5 Å². The molecular weight excluding hydrogens is 528 g/mol. The number of hydrogen-bond acceptors (Lipinski definition) is 5. The van der Waals surface area contributed by atoms with Crippen molar-refractivity contribution in [2.24, 2.45) is 0 Å². The maximum absolute atomic E-state index is 12.8. The van der Waals surface area contributed by atoms with E-state index in [1.165, 1.54) is 24.3 Å². The van der Waals surface area contributed by atoms with Crippen molar-refractivity contribution in [1.29, 1.82) is 5.26 Å². The van der Waals surface area contributed by atoms with Gasteiger partial charge in [-0.3, -0.25) is 4.79 Å². The summed E-state index contributed by atoms with van der Waals surface area (Å²) in [6, 6.07) is 25.9. The van der Waals surface area contributed by atoms with Crippen LogP contribution in [0.5, 0.6) is 5.75 Å². The summed E-state index contributed by atoms with van der Waals surface area (Å²) in [7, 11) is -4.13. The van der Waals surface area contributed by atoms with Crippen molar-refractivity contribution in [2.45, 2.75) is 11.8 Å². The molecular formula is C27H19BrN2O4S. The molecule has 4 rings (SSSR count). The van der Waals surface area contributed by atoms with Gasteiger partial charge in [0.25, 0.3) is 5.91 Å². The molecule has 0 saturated carbocycles. The quantitative estimate of drug-likeness (QED) is 0.176. The molecule has 0 aliphatic carbocycles. The van der Waals surface area contributed by atoms with Gasteiger partial charge in [-0.1, -0.05) is 64.0 Å². The van der Waals surface area contributed by atoms with Gasteiger partial charge in [0.1, 0.15) is 22.3 Å². The molecule has 8 heteroatoms. The Hall–Kier alpha value is -3.93. The minimum absolute atomic E-state index is 0.00416. The molecule has 0 heterocycles. The summed E-state index contributed by atoms with van der Waals surface area (Å²) in [5.41, 5.74) is 1.48. The molecule has 174 valence electrons. The van der Waals surface area contributed by atoms with Crippen LogP contribution < -0.4 is 9.50 Å².